The Hall–Kier alpha value is -1.42. The number of carbonyl (C=O) groups excluding carboxylic acids is 1. The summed E-state index contributed by atoms with van der Waals surface area (Å²) in [6.45, 7) is 4.92. The van der Waals surface area contributed by atoms with Gasteiger partial charge >= 0.3 is 11.9 Å². The molecule has 0 aliphatic rings. The van der Waals surface area contributed by atoms with Gasteiger partial charge in [0, 0.05) is 5.88 Å². The van der Waals surface area contributed by atoms with Crippen LogP contribution in [-0.4, -0.2) is 65.2 Å². The Kier molecular flexibility index (Phi) is 21.4. The van der Waals surface area contributed by atoms with E-state index in [2.05, 4.69) is 10.6 Å². The first-order valence-electron chi connectivity index (χ1n) is 10.7. The zero-order chi connectivity index (χ0) is 23.4. The van der Waals surface area contributed by atoms with Gasteiger partial charge in [-0.3, -0.25) is 9.59 Å². The summed E-state index contributed by atoms with van der Waals surface area (Å²) in [5.41, 5.74) is 10.5. The second-order valence-electron chi connectivity index (χ2n) is 7.20. The molecule has 0 aromatic rings. The number of hydrogen-bond acceptors (Lipinski definition) is 6. The number of nitrogens with two attached hydrogens (primary N) is 2. The highest BCUT2D eigenvalue weighted by Gasteiger charge is 2.22. The van der Waals surface area contributed by atoms with E-state index in [0.717, 1.165) is 45.1 Å². The summed E-state index contributed by atoms with van der Waals surface area (Å²) in [5, 5.41) is 23.0. The maximum atomic E-state index is 12.0. The number of carboxylic acids is 2. The molecule has 30 heavy (non-hydrogen) atoms. The fourth-order valence-electron chi connectivity index (χ4n) is 2.47. The van der Waals surface area contributed by atoms with E-state index in [4.69, 9.17) is 33.3 Å². The predicted octanol–water partition coefficient (Wildman–Crippen LogP) is 1.66. The number of nitrogens with one attached hydrogen (secondary N) is 2. The molecule has 0 spiro atoms. The van der Waals surface area contributed by atoms with Crippen LogP contribution in [0.3, 0.4) is 0 Å². The molecule has 0 aromatic carbocycles. The van der Waals surface area contributed by atoms with Crippen LogP contribution in [0.15, 0.2) is 0 Å². The van der Waals surface area contributed by atoms with Crippen molar-refractivity contribution in [2.24, 2.45) is 11.5 Å². The lowest BCUT2D eigenvalue weighted by Gasteiger charge is -2.18. The molecule has 10 heteroatoms. The fourth-order valence-corrected chi connectivity index (χ4v) is 2.65. The van der Waals surface area contributed by atoms with E-state index in [9.17, 15) is 14.4 Å². The van der Waals surface area contributed by atoms with Crippen molar-refractivity contribution in [3.63, 3.8) is 0 Å². The highest BCUT2D eigenvalue weighted by molar-refractivity contribution is 6.17. The van der Waals surface area contributed by atoms with Crippen molar-refractivity contribution in [3.05, 3.63) is 0 Å². The topological polar surface area (TPSA) is 168 Å². The van der Waals surface area contributed by atoms with Gasteiger partial charge in [0.1, 0.15) is 12.1 Å². The number of halogens is 1. The van der Waals surface area contributed by atoms with Gasteiger partial charge in [-0.15, -0.1) is 11.6 Å². The minimum atomic E-state index is -1.00. The molecule has 0 bridgehead atoms. The summed E-state index contributed by atoms with van der Waals surface area (Å²) < 4.78 is 0. The summed E-state index contributed by atoms with van der Waals surface area (Å²) in [6, 6.07) is -1.91. The molecule has 0 aromatic heterocycles. The predicted molar refractivity (Wildman–Crippen MR) is 120 cm³/mol. The first-order valence-corrected chi connectivity index (χ1v) is 11.3. The molecule has 0 fully saturated rings. The zero-order valence-electron chi connectivity index (χ0n) is 18.4. The third-order valence-electron chi connectivity index (χ3n) is 4.38. The normalized spacial score (nSPS) is 13.5. The SMILES string of the molecule is CC(NCCCCCCCl)C(=O)NC(CCCCN)C(=O)O.CCCC(N)C(=O)O. The number of alkyl halides is 1. The molecule has 3 unspecified atom stereocenters. The lowest BCUT2D eigenvalue weighted by atomic mass is 10.1. The van der Waals surface area contributed by atoms with Crippen LogP contribution in [0.5, 0.6) is 0 Å². The van der Waals surface area contributed by atoms with Gasteiger partial charge in [-0.05, 0) is 58.5 Å². The molecular formula is C20H41ClN4O5. The standard InChI is InChI=1S/C15H30ClN3O3.C5H11NO2/c1-12(18-11-7-3-2-5-9-16)14(20)19-13(15(21)22)8-4-6-10-17;1-2-3-4(6)5(7)8/h12-13,18H,2-11,17H2,1H3,(H,19,20)(H,21,22);4H,2-3,6H2,1H3,(H,7,8). The maximum absolute atomic E-state index is 12.0. The highest BCUT2D eigenvalue weighted by atomic mass is 35.5. The van der Waals surface area contributed by atoms with Crippen molar-refractivity contribution in [1.82, 2.24) is 10.6 Å². The van der Waals surface area contributed by atoms with Crippen molar-refractivity contribution in [2.45, 2.75) is 89.8 Å². The summed E-state index contributed by atoms with van der Waals surface area (Å²) in [4.78, 5) is 33.1. The van der Waals surface area contributed by atoms with Crippen LogP contribution in [0.4, 0.5) is 0 Å². The number of carboxylic acid groups (broad SMARTS) is 2. The van der Waals surface area contributed by atoms with E-state index < -0.39 is 30.1 Å². The van der Waals surface area contributed by atoms with Gasteiger partial charge in [0.2, 0.25) is 5.91 Å². The lowest BCUT2D eigenvalue weighted by Crippen LogP contribution is -2.49. The minimum absolute atomic E-state index is 0.277. The van der Waals surface area contributed by atoms with E-state index >= 15 is 0 Å². The quantitative estimate of drug-likeness (QED) is 0.143. The van der Waals surface area contributed by atoms with Crippen molar-refractivity contribution in [3.8, 4) is 0 Å². The molecule has 0 heterocycles. The Morgan fingerprint density at radius 1 is 0.967 bits per heavy atom. The van der Waals surface area contributed by atoms with Gasteiger partial charge in [0.05, 0.1) is 6.04 Å². The van der Waals surface area contributed by atoms with Crippen LogP contribution < -0.4 is 22.1 Å². The Balaban J connectivity index is 0. The molecule has 8 N–H and O–H groups in total. The van der Waals surface area contributed by atoms with Crippen LogP contribution >= 0.6 is 11.6 Å². The Labute approximate surface area is 185 Å². The first-order chi connectivity index (χ1) is 14.2. The third-order valence-corrected chi connectivity index (χ3v) is 4.65. The summed E-state index contributed by atoms with van der Waals surface area (Å²) in [7, 11) is 0. The zero-order valence-corrected chi connectivity index (χ0v) is 19.1. The van der Waals surface area contributed by atoms with Crippen LogP contribution in [0.1, 0.15) is 71.6 Å². The number of amides is 1. The van der Waals surface area contributed by atoms with Gasteiger partial charge in [0.25, 0.3) is 0 Å². The van der Waals surface area contributed by atoms with E-state index in [1.165, 1.54) is 0 Å². The molecule has 0 saturated heterocycles. The van der Waals surface area contributed by atoms with E-state index in [-0.39, 0.29) is 5.91 Å². The van der Waals surface area contributed by atoms with Crippen LogP contribution in [0.2, 0.25) is 0 Å². The first kappa shape index (κ1) is 30.8. The molecule has 9 nitrogen and oxygen atoms in total. The van der Waals surface area contributed by atoms with Crippen LogP contribution in [-0.2, 0) is 14.4 Å². The van der Waals surface area contributed by atoms with E-state index in [1.54, 1.807) is 6.92 Å². The van der Waals surface area contributed by atoms with Gasteiger partial charge in [-0.1, -0.05) is 26.2 Å². The minimum Gasteiger partial charge on any atom is -0.480 e. The summed E-state index contributed by atoms with van der Waals surface area (Å²) in [6.07, 6.45) is 7.41. The van der Waals surface area contributed by atoms with Crippen molar-refractivity contribution >= 4 is 29.4 Å². The van der Waals surface area contributed by atoms with Gasteiger partial charge in [-0.2, -0.15) is 0 Å². The van der Waals surface area contributed by atoms with Crippen LogP contribution in [0.25, 0.3) is 0 Å². The third kappa shape index (κ3) is 18.6. The monoisotopic (exact) mass is 452 g/mol. The average molecular weight is 453 g/mol. The molecule has 0 aliphatic heterocycles. The number of unbranched alkanes of at least 4 members (excludes halogenated alkanes) is 4. The maximum Gasteiger partial charge on any atom is 0.326 e. The summed E-state index contributed by atoms with van der Waals surface area (Å²) in [5.74, 6) is -1.50. The molecule has 0 saturated carbocycles. The Morgan fingerprint density at radius 2 is 1.60 bits per heavy atom. The second kappa shape index (κ2) is 20.8. The van der Waals surface area contributed by atoms with Gasteiger partial charge < -0.3 is 32.3 Å². The van der Waals surface area contributed by atoms with Gasteiger partial charge in [0.15, 0.2) is 0 Å². The number of hydrogen-bond donors (Lipinski definition) is 6. The molecule has 0 rings (SSSR count). The molecule has 0 aliphatic carbocycles. The Morgan fingerprint density at radius 3 is 2.07 bits per heavy atom. The Bertz CT molecular complexity index is 468. The lowest BCUT2D eigenvalue weighted by molar-refractivity contribution is -0.142. The number of aliphatic carboxylic acids is 2. The van der Waals surface area contributed by atoms with E-state index in [1.807, 2.05) is 6.92 Å². The van der Waals surface area contributed by atoms with Crippen LogP contribution in [0, 0.1) is 0 Å². The molecular weight excluding hydrogens is 412 g/mol. The van der Waals surface area contributed by atoms with Gasteiger partial charge in [-0.25, -0.2) is 4.79 Å². The van der Waals surface area contributed by atoms with E-state index in [0.29, 0.717) is 31.7 Å². The van der Waals surface area contributed by atoms with Crippen molar-refractivity contribution < 1.29 is 24.6 Å². The molecule has 0 radical (unpaired) electrons. The average Bonchev–Trinajstić information content (AvgIpc) is 2.70. The number of rotatable bonds is 17. The summed E-state index contributed by atoms with van der Waals surface area (Å²) >= 11 is 5.60. The fraction of sp³-hybridized carbons (Fsp3) is 0.850. The molecule has 3 atom stereocenters. The second-order valence-corrected chi connectivity index (χ2v) is 7.57. The van der Waals surface area contributed by atoms with Crippen molar-refractivity contribution in [1.29, 1.82) is 0 Å². The smallest absolute Gasteiger partial charge is 0.326 e. The van der Waals surface area contributed by atoms with Crippen molar-refractivity contribution in [2.75, 3.05) is 19.0 Å². The molecule has 1 amide bonds. The number of carbonyl (C=O) groups is 3. The molecule has 178 valence electrons. The highest BCUT2D eigenvalue weighted by Crippen LogP contribution is 2.02. The largest absolute Gasteiger partial charge is 0.480 e.